The monoisotopic (exact) mass is 471 g/mol. The van der Waals surface area contributed by atoms with Crippen LogP contribution in [-0.4, -0.2) is 46.2 Å². The molecule has 0 aromatic heterocycles. The van der Waals surface area contributed by atoms with Gasteiger partial charge in [0.1, 0.15) is 0 Å². The second kappa shape index (κ2) is 13.5. The van der Waals surface area contributed by atoms with Crippen molar-refractivity contribution in [3.63, 3.8) is 0 Å². The molecule has 10 heteroatoms. The Bertz CT molecular complexity index is 649. The standard InChI is InChI=1S/C20H32N3O4P3/c1-7-21(8-2)28(22(29(24-3)25-4)19-15-11-9-12-16-19)23(30(26-5)27-6)20-17-13-10-14-18-20/h9-18H,7-8H2,1-6H3. The van der Waals surface area contributed by atoms with Crippen LogP contribution >= 0.6 is 25.4 Å². The molecule has 2 aromatic carbocycles. The third-order valence-corrected chi connectivity index (χ3v) is 10.6. The van der Waals surface area contributed by atoms with Crippen molar-refractivity contribution in [2.75, 3.05) is 50.4 Å². The number of hydrogen-bond acceptors (Lipinski definition) is 7. The Morgan fingerprint density at radius 3 is 1.20 bits per heavy atom. The van der Waals surface area contributed by atoms with E-state index in [0.717, 1.165) is 24.5 Å². The van der Waals surface area contributed by atoms with Crippen LogP contribution in [0.1, 0.15) is 13.8 Å². The van der Waals surface area contributed by atoms with Crippen molar-refractivity contribution >= 4 is 36.8 Å². The molecule has 0 fully saturated rings. The molecule has 166 valence electrons. The van der Waals surface area contributed by atoms with Crippen LogP contribution in [0.2, 0.25) is 0 Å². The van der Waals surface area contributed by atoms with E-state index in [0.29, 0.717) is 0 Å². The molecule has 7 nitrogen and oxygen atoms in total. The summed E-state index contributed by atoms with van der Waals surface area (Å²) in [7, 11) is 2.87. The molecular weight excluding hydrogens is 439 g/mol. The molecule has 0 saturated heterocycles. The van der Waals surface area contributed by atoms with Crippen molar-refractivity contribution < 1.29 is 18.1 Å². The first-order valence-corrected chi connectivity index (χ1v) is 13.1. The average molecular weight is 471 g/mol. The van der Waals surface area contributed by atoms with E-state index >= 15 is 0 Å². The lowest BCUT2D eigenvalue weighted by Crippen LogP contribution is -2.34. The molecule has 0 aliphatic rings. The maximum absolute atomic E-state index is 5.83. The van der Waals surface area contributed by atoms with Gasteiger partial charge >= 0.3 is 0 Å². The van der Waals surface area contributed by atoms with Crippen LogP contribution in [0.15, 0.2) is 60.7 Å². The highest BCUT2D eigenvalue weighted by Gasteiger charge is 2.41. The molecule has 0 atom stereocenters. The van der Waals surface area contributed by atoms with E-state index in [1.165, 1.54) is 0 Å². The highest BCUT2D eigenvalue weighted by molar-refractivity contribution is 7.79. The molecule has 30 heavy (non-hydrogen) atoms. The van der Waals surface area contributed by atoms with Crippen molar-refractivity contribution in [1.82, 2.24) is 4.67 Å². The highest BCUT2D eigenvalue weighted by Crippen LogP contribution is 2.69. The SMILES string of the molecule is CCN(CC)P(N(c1ccccc1)P(OC)OC)N(c1ccccc1)P(OC)OC. The van der Waals surface area contributed by atoms with E-state index < -0.39 is 25.4 Å². The summed E-state index contributed by atoms with van der Waals surface area (Å²) < 4.78 is 30.2. The van der Waals surface area contributed by atoms with Crippen molar-refractivity contribution in [1.29, 1.82) is 0 Å². The molecule has 2 aromatic rings. The summed E-state index contributed by atoms with van der Waals surface area (Å²) in [6, 6.07) is 20.4. The zero-order chi connectivity index (χ0) is 21.9. The molecule has 0 saturated carbocycles. The topological polar surface area (TPSA) is 46.6 Å². The van der Waals surface area contributed by atoms with E-state index in [1.54, 1.807) is 28.4 Å². The first-order valence-electron chi connectivity index (χ1n) is 9.68. The van der Waals surface area contributed by atoms with Gasteiger partial charge in [-0.3, -0.25) is 8.88 Å². The van der Waals surface area contributed by atoms with Gasteiger partial charge in [0.25, 0.3) is 17.1 Å². The van der Waals surface area contributed by atoms with E-state index in [-0.39, 0.29) is 0 Å². The Hall–Kier alpha value is -0.870. The Morgan fingerprint density at radius 2 is 0.933 bits per heavy atom. The van der Waals surface area contributed by atoms with Crippen molar-refractivity contribution in [3.8, 4) is 0 Å². The minimum Gasteiger partial charge on any atom is -0.321 e. The number of nitrogens with zero attached hydrogens (tertiary/aromatic N) is 3. The minimum absolute atomic E-state index is 0.849. The van der Waals surface area contributed by atoms with Gasteiger partial charge < -0.3 is 18.1 Å². The van der Waals surface area contributed by atoms with Crippen molar-refractivity contribution in [2.24, 2.45) is 0 Å². The number of benzene rings is 2. The van der Waals surface area contributed by atoms with Crippen LogP contribution < -0.4 is 8.88 Å². The fourth-order valence-electron chi connectivity index (χ4n) is 2.90. The molecule has 0 amide bonds. The van der Waals surface area contributed by atoms with Crippen molar-refractivity contribution in [3.05, 3.63) is 60.7 Å². The van der Waals surface area contributed by atoms with E-state index in [9.17, 15) is 0 Å². The minimum atomic E-state index is -1.36. The lowest BCUT2D eigenvalue weighted by Gasteiger charge is -2.47. The normalized spacial score (nSPS) is 11.7. The van der Waals surface area contributed by atoms with Gasteiger partial charge in [0.15, 0.2) is 8.37 Å². The fraction of sp³-hybridized carbons (Fsp3) is 0.400. The van der Waals surface area contributed by atoms with E-state index in [2.05, 4.69) is 51.7 Å². The maximum Gasteiger partial charge on any atom is 0.295 e. The van der Waals surface area contributed by atoms with Crippen LogP contribution in [0, 0.1) is 0 Å². The quantitative estimate of drug-likeness (QED) is 0.305. The number of rotatable bonds is 13. The van der Waals surface area contributed by atoms with Gasteiger partial charge in [-0.2, -0.15) is 0 Å². The Morgan fingerprint density at radius 1 is 0.600 bits per heavy atom. The zero-order valence-corrected chi connectivity index (χ0v) is 21.2. The summed E-state index contributed by atoms with van der Waals surface area (Å²) in [6.45, 7) is 6.02. The summed E-state index contributed by atoms with van der Waals surface area (Å²) in [5.41, 5.74) is 2.04. The molecular formula is C20H32N3O4P3. The number of para-hydroxylation sites is 2. The molecule has 0 N–H and O–H groups in total. The third-order valence-electron chi connectivity index (χ3n) is 4.23. The van der Waals surface area contributed by atoms with Gasteiger partial charge in [-0.15, -0.1) is 0 Å². The lowest BCUT2D eigenvalue weighted by atomic mass is 10.3. The largest absolute Gasteiger partial charge is 0.321 e. The Balaban J connectivity index is 2.72. The van der Waals surface area contributed by atoms with Gasteiger partial charge in [0.2, 0.25) is 0 Å². The van der Waals surface area contributed by atoms with Gasteiger partial charge in [-0.1, -0.05) is 50.2 Å². The first-order chi connectivity index (χ1) is 14.7. The molecule has 0 bridgehead atoms. The summed E-state index contributed by atoms with van der Waals surface area (Å²) in [5.74, 6) is 0. The summed E-state index contributed by atoms with van der Waals surface area (Å²) >= 11 is 0. The van der Waals surface area contributed by atoms with Crippen LogP contribution in [0.25, 0.3) is 0 Å². The molecule has 0 unspecified atom stereocenters. The Labute approximate surface area is 184 Å². The number of anilines is 2. The average Bonchev–Trinajstić information content (AvgIpc) is 2.81. The Kier molecular flexibility index (Phi) is 11.4. The second-order valence-electron chi connectivity index (χ2n) is 5.86. The van der Waals surface area contributed by atoms with E-state index in [1.807, 2.05) is 36.4 Å². The molecule has 0 heterocycles. The summed E-state index contributed by atoms with van der Waals surface area (Å²) in [4.78, 5) is 0. The molecule has 0 spiro atoms. The molecule has 0 radical (unpaired) electrons. The fourth-order valence-corrected chi connectivity index (χ4v) is 9.56. The van der Waals surface area contributed by atoms with Crippen LogP contribution in [0.4, 0.5) is 11.4 Å². The van der Waals surface area contributed by atoms with Gasteiger partial charge in [-0.25, -0.2) is 4.67 Å². The zero-order valence-electron chi connectivity index (χ0n) is 18.5. The first kappa shape index (κ1) is 25.4. The van der Waals surface area contributed by atoms with E-state index in [4.69, 9.17) is 18.1 Å². The van der Waals surface area contributed by atoms with Crippen LogP contribution in [0.3, 0.4) is 0 Å². The van der Waals surface area contributed by atoms with Gasteiger partial charge in [0, 0.05) is 41.5 Å². The highest BCUT2D eigenvalue weighted by atomic mass is 31.2. The molecule has 0 aliphatic carbocycles. The predicted molar refractivity (Wildman–Crippen MR) is 130 cm³/mol. The molecule has 2 rings (SSSR count). The lowest BCUT2D eigenvalue weighted by molar-refractivity contribution is 0.339. The smallest absolute Gasteiger partial charge is 0.295 e. The van der Waals surface area contributed by atoms with Crippen LogP contribution in [-0.2, 0) is 18.1 Å². The number of hydrogen-bond donors (Lipinski definition) is 0. The second-order valence-corrected chi connectivity index (χ2v) is 11.6. The van der Waals surface area contributed by atoms with Crippen molar-refractivity contribution in [2.45, 2.75) is 13.8 Å². The predicted octanol–water partition coefficient (Wildman–Crippen LogP) is 6.61. The maximum atomic E-state index is 5.83. The van der Waals surface area contributed by atoms with Gasteiger partial charge in [-0.05, 0) is 24.3 Å². The van der Waals surface area contributed by atoms with Crippen LogP contribution in [0.5, 0.6) is 0 Å². The molecule has 0 aliphatic heterocycles. The third kappa shape index (κ3) is 6.09. The summed E-state index contributed by atoms with van der Waals surface area (Å²) in [6.07, 6.45) is 0. The summed E-state index contributed by atoms with van der Waals surface area (Å²) in [5, 5.41) is 0. The van der Waals surface area contributed by atoms with Gasteiger partial charge in [0.05, 0.1) is 11.4 Å².